The molecule has 1 amide bonds. The Bertz CT molecular complexity index is 955. The van der Waals surface area contributed by atoms with Crippen molar-refractivity contribution < 1.29 is 22.7 Å². The second kappa shape index (κ2) is 9.96. The van der Waals surface area contributed by atoms with Crippen LogP contribution in [0.4, 0.5) is 0 Å². The average molecular weight is 476 g/mol. The Labute approximate surface area is 185 Å². The van der Waals surface area contributed by atoms with Crippen molar-refractivity contribution in [2.24, 2.45) is 0 Å². The number of hydrogen-bond donors (Lipinski definition) is 2. The number of halogens is 2. The Kier molecular flexibility index (Phi) is 8.11. The first-order valence-electron chi connectivity index (χ1n) is 9.41. The Morgan fingerprint density at radius 2 is 1.80 bits per heavy atom. The van der Waals surface area contributed by atoms with Gasteiger partial charge in [-0.05, 0) is 44.9 Å². The maximum atomic E-state index is 12.4. The van der Waals surface area contributed by atoms with E-state index in [0.717, 1.165) is 25.3 Å². The molecule has 1 aromatic rings. The van der Waals surface area contributed by atoms with Gasteiger partial charge in [-0.3, -0.25) is 9.59 Å². The van der Waals surface area contributed by atoms with Crippen LogP contribution in [0.1, 0.15) is 46.0 Å². The predicted molar refractivity (Wildman–Crippen MR) is 111 cm³/mol. The normalized spacial score (nSPS) is 18.0. The third kappa shape index (κ3) is 6.08. The molecule has 1 saturated carbocycles. The molecule has 0 saturated heterocycles. The van der Waals surface area contributed by atoms with Crippen LogP contribution in [0.2, 0.25) is 10.0 Å². The Morgan fingerprint density at radius 1 is 1.17 bits per heavy atom. The number of esters is 1. The van der Waals surface area contributed by atoms with Crippen molar-refractivity contribution in [2.45, 2.75) is 68.5 Å². The number of amides is 1. The van der Waals surface area contributed by atoms with Crippen LogP contribution >= 0.6 is 23.2 Å². The van der Waals surface area contributed by atoms with E-state index in [4.69, 9.17) is 27.9 Å². The summed E-state index contributed by atoms with van der Waals surface area (Å²) in [7, 11) is -4.07. The van der Waals surface area contributed by atoms with Crippen LogP contribution in [0.5, 0.6) is 0 Å². The molecule has 1 aromatic carbocycles. The lowest BCUT2D eigenvalue weighted by Gasteiger charge is -2.32. The summed E-state index contributed by atoms with van der Waals surface area (Å²) in [4.78, 5) is 24.5. The van der Waals surface area contributed by atoms with E-state index in [1.807, 2.05) is 0 Å². The molecule has 0 spiro atoms. The third-order valence-corrected chi connectivity index (χ3v) is 7.11. The number of nitrogens with one attached hydrogen (secondary N) is 2. The number of carbonyl (C=O) groups is 2. The van der Waals surface area contributed by atoms with Gasteiger partial charge in [0.2, 0.25) is 10.0 Å². The Morgan fingerprint density at radius 3 is 2.37 bits per heavy atom. The number of nitrogens with zero attached hydrogens (tertiary/aromatic N) is 1. The summed E-state index contributed by atoms with van der Waals surface area (Å²) >= 11 is 11.6. The number of carbonyl (C=O) groups excluding carboxylic acids is 2. The molecule has 11 heteroatoms. The highest BCUT2D eigenvalue weighted by atomic mass is 35.5. The zero-order valence-corrected chi connectivity index (χ0v) is 18.9. The van der Waals surface area contributed by atoms with Gasteiger partial charge in [-0.1, -0.05) is 42.5 Å². The molecular weight excluding hydrogens is 453 g/mol. The third-order valence-electron chi connectivity index (χ3n) is 4.83. The number of ether oxygens (including phenoxy) is 1. The van der Waals surface area contributed by atoms with Crippen LogP contribution in [0.25, 0.3) is 0 Å². The molecule has 0 aromatic heterocycles. The van der Waals surface area contributed by atoms with Crippen molar-refractivity contribution in [2.75, 3.05) is 0 Å². The van der Waals surface area contributed by atoms with Crippen LogP contribution in [-0.4, -0.2) is 38.0 Å². The van der Waals surface area contributed by atoms with Gasteiger partial charge in [0.25, 0.3) is 5.91 Å². The molecular formula is C19H23Cl2N3O5S. The van der Waals surface area contributed by atoms with Crippen LogP contribution in [0.3, 0.4) is 0 Å². The number of benzene rings is 1. The predicted octanol–water partition coefficient (Wildman–Crippen LogP) is 2.93. The standard InChI is InChI=1S/C19H23Cl2N3O5S/c1-12(24-30(27,28)14-6-7-15(20)16(21)10-14)18(26)29-13(2)17(25)23-19(11-22)8-4-3-5-9-19/h6-7,10,12-13,24H,3-5,8-9H2,1-2H3,(H,23,25)/t12-,13?/m0/s1. The molecule has 0 heterocycles. The quantitative estimate of drug-likeness (QED) is 0.583. The fourth-order valence-corrected chi connectivity index (χ4v) is 4.66. The smallest absolute Gasteiger partial charge is 0.324 e. The largest absolute Gasteiger partial charge is 0.451 e. The van der Waals surface area contributed by atoms with E-state index in [1.165, 1.54) is 26.0 Å². The summed E-state index contributed by atoms with van der Waals surface area (Å²) in [6.07, 6.45) is 2.54. The number of hydrogen-bond acceptors (Lipinski definition) is 6. The summed E-state index contributed by atoms with van der Waals surface area (Å²) in [6.45, 7) is 2.65. The van der Waals surface area contributed by atoms with E-state index in [9.17, 15) is 23.3 Å². The first-order chi connectivity index (χ1) is 14.0. The van der Waals surface area contributed by atoms with Crippen LogP contribution in [0.15, 0.2) is 23.1 Å². The van der Waals surface area contributed by atoms with Gasteiger partial charge in [-0.15, -0.1) is 0 Å². The van der Waals surface area contributed by atoms with Crippen LogP contribution in [0, 0.1) is 11.3 Å². The molecule has 0 bridgehead atoms. The van der Waals surface area contributed by atoms with Crippen molar-refractivity contribution in [1.29, 1.82) is 5.26 Å². The first-order valence-corrected chi connectivity index (χ1v) is 11.6. The molecule has 2 N–H and O–H groups in total. The SMILES string of the molecule is CC(OC(=O)[C@H](C)NS(=O)(=O)c1ccc(Cl)c(Cl)c1)C(=O)NC1(C#N)CCCCC1. The monoisotopic (exact) mass is 475 g/mol. The minimum Gasteiger partial charge on any atom is -0.451 e. The highest BCUT2D eigenvalue weighted by molar-refractivity contribution is 7.89. The molecule has 1 fully saturated rings. The molecule has 1 aliphatic carbocycles. The molecule has 1 aliphatic rings. The lowest BCUT2D eigenvalue weighted by atomic mass is 9.83. The maximum Gasteiger partial charge on any atom is 0.324 e. The topological polar surface area (TPSA) is 125 Å². The van der Waals surface area contributed by atoms with Gasteiger partial charge in [0.15, 0.2) is 6.10 Å². The van der Waals surface area contributed by atoms with E-state index in [1.54, 1.807) is 0 Å². The van der Waals surface area contributed by atoms with E-state index in [-0.39, 0.29) is 14.9 Å². The fourth-order valence-electron chi connectivity index (χ4n) is 3.08. The second-order valence-electron chi connectivity index (χ2n) is 7.24. The van der Waals surface area contributed by atoms with Crippen molar-refractivity contribution in [3.05, 3.63) is 28.2 Å². The summed E-state index contributed by atoms with van der Waals surface area (Å²) in [5, 5.41) is 12.4. The molecule has 2 atom stereocenters. The summed E-state index contributed by atoms with van der Waals surface area (Å²) < 4.78 is 32.1. The molecule has 8 nitrogen and oxygen atoms in total. The summed E-state index contributed by atoms with van der Waals surface area (Å²) in [5.74, 6) is -1.54. The molecule has 30 heavy (non-hydrogen) atoms. The van der Waals surface area contributed by atoms with Crippen LogP contribution in [-0.2, 0) is 24.3 Å². The van der Waals surface area contributed by atoms with Gasteiger partial charge in [0.1, 0.15) is 11.6 Å². The van der Waals surface area contributed by atoms with Crippen molar-refractivity contribution in [3.63, 3.8) is 0 Å². The highest BCUT2D eigenvalue weighted by Gasteiger charge is 2.36. The Hall–Kier alpha value is -1.86. The van der Waals surface area contributed by atoms with Crippen molar-refractivity contribution >= 4 is 45.1 Å². The first kappa shape index (κ1) is 24.4. The van der Waals surface area contributed by atoms with Gasteiger partial charge in [-0.2, -0.15) is 9.98 Å². The summed E-state index contributed by atoms with van der Waals surface area (Å²) in [6, 6.07) is 4.62. The minimum absolute atomic E-state index is 0.0502. The highest BCUT2D eigenvalue weighted by Crippen LogP contribution is 2.28. The van der Waals surface area contributed by atoms with E-state index in [0.29, 0.717) is 12.8 Å². The fraction of sp³-hybridized carbons (Fsp3) is 0.526. The summed E-state index contributed by atoms with van der Waals surface area (Å²) in [5.41, 5.74) is -0.961. The van der Waals surface area contributed by atoms with Gasteiger partial charge >= 0.3 is 5.97 Å². The lowest BCUT2D eigenvalue weighted by Crippen LogP contribution is -2.52. The molecule has 0 aliphatic heterocycles. The number of sulfonamides is 1. The Balaban J connectivity index is 1.98. The maximum absolute atomic E-state index is 12.4. The van der Waals surface area contributed by atoms with Crippen molar-refractivity contribution in [1.82, 2.24) is 10.0 Å². The van der Waals surface area contributed by atoms with Gasteiger partial charge in [0.05, 0.1) is 21.0 Å². The van der Waals surface area contributed by atoms with E-state index >= 15 is 0 Å². The number of nitriles is 1. The average Bonchev–Trinajstić information content (AvgIpc) is 2.70. The van der Waals surface area contributed by atoms with E-state index in [2.05, 4.69) is 16.1 Å². The van der Waals surface area contributed by atoms with Gasteiger partial charge < -0.3 is 10.1 Å². The molecule has 0 radical (unpaired) electrons. The van der Waals surface area contributed by atoms with E-state index < -0.39 is 39.6 Å². The lowest BCUT2D eigenvalue weighted by molar-refractivity contribution is -0.156. The molecule has 1 unspecified atom stereocenters. The van der Waals surface area contributed by atoms with Gasteiger partial charge in [-0.25, -0.2) is 8.42 Å². The zero-order chi connectivity index (χ0) is 22.5. The number of rotatable bonds is 7. The zero-order valence-electron chi connectivity index (χ0n) is 16.6. The van der Waals surface area contributed by atoms with Gasteiger partial charge in [0, 0.05) is 0 Å². The molecule has 2 rings (SSSR count). The molecule has 164 valence electrons. The van der Waals surface area contributed by atoms with Crippen LogP contribution < -0.4 is 10.0 Å². The minimum atomic E-state index is -4.07. The second-order valence-corrected chi connectivity index (χ2v) is 9.77. The van der Waals surface area contributed by atoms with Crippen molar-refractivity contribution in [3.8, 4) is 6.07 Å².